The number of methoxy groups -OCH3 is 1. The molecule has 4 rings (SSSR count). The lowest BCUT2D eigenvalue weighted by molar-refractivity contribution is -0.143. The second kappa shape index (κ2) is 9.12. The predicted molar refractivity (Wildman–Crippen MR) is 120 cm³/mol. The molecule has 4 aromatic rings. The van der Waals surface area contributed by atoms with Crippen molar-refractivity contribution in [3.63, 3.8) is 0 Å². The molecule has 0 bridgehead atoms. The molecule has 34 heavy (non-hydrogen) atoms. The Hall–Kier alpha value is -3.95. The average Bonchev–Trinajstić information content (AvgIpc) is 3.22. The van der Waals surface area contributed by atoms with Crippen molar-refractivity contribution in [1.29, 1.82) is 0 Å². The van der Waals surface area contributed by atoms with E-state index >= 15 is 0 Å². The predicted octanol–water partition coefficient (Wildman–Crippen LogP) is 4.39. The summed E-state index contributed by atoms with van der Waals surface area (Å²) in [4.78, 5) is 20.0. The number of alkyl halides is 2. The van der Waals surface area contributed by atoms with Gasteiger partial charge in [0.05, 0.1) is 43.3 Å². The van der Waals surface area contributed by atoms with Gasteiger partial charge >= 0.3 is 5.92 Å². The lowest BCUT2D eigenvalue weighted by atomic mass is 9.99. The molecule has 0 saturated heterocycles. The zero-order valence-corrected chi connectivity index (χ0v) is 18.7. The molecule has 0 fully saturated rings. The SMILES string of the molecule is COc1ccc([C@H]([C@H](C)NC(=O)C(C)(F)F)n2ncc3cc(-c4ncc(F)cn4)ccc32)cc1. The second-order valence-electron chi connectivity index (χ2n) is 7.96. The van der Waals surface area contributed by atoms with E-state index in [0.29, 0.717) is 29.6 Å². The molecule has 10 heteroatoms. The van der Waals surface area contributed by atoms with Crippen molar-refractivity contribution < 1.29 is 22.7 Å². The van der Waals surface area contributed by atoms with Gasteiger partial charge in [0.1, 0.15) is 5.75 Å². The van der Waals surface area contributed by atoms with Gasteiger partial charge in [-0.2, -0.15) is 13.9 Å². The van der Waals surface area contributed by atoms with Gasteiger partial charge in [0.2, 0.25) is 0 Å². The quantitative estimate of drug-likeness (QED) is 0.434. The van der Waals surface area contributed by atoms with Crippen molar-refractivity contribution in [1.82, 2.24) is 25.1 Å². The minimum Gasteiger partial charge on any atom is -0.497 e. The average molecular weight is 469 g/mol. The smallest absolute Gasteiger partial charge is 0.321 e. The molecule has 0 unspecified atom stereocenters. The highest BCUT2D eigenvalue weighted by atomic mass is 19.3. The molecular weight excluding hydrogens is 447 g/mol. The molecule has 7 nitrogen and oxygen atoms in total. The van der Waals surface area contributed by atoms with Gasteiger partial charge in [-0.25, -0.2) is 14.4 Å². The van der Waals surface area contributed by atoms with E-state index in [1.54, 1.807) is 67.4 Å². The van der Waals surface area contributed by atoms with Crippen molar-refractivity contribution in [2.24, 2.45) is 0 Å². The van der Waals surface area contributed by atoms with E-state index in [1.165, 1.54) is 0 Å². The number of nitrogens with one attached hydrogen (secondary N) is 1. The number of fused-ring (bicyclic) bond motifs is 1. The van der Waals surface area contributed by atoms with Crippen molar-refractivity contribution in [2.75, 3.05) is 7.11 Å². The van der Waals surface area contributed by atoms with Gasteiger partial charge in [-0.15, -0.1) is 0 Å². The summed E-state index contributed by atoms with van der Waals surface area (Å²) in [6.07, 6.45) is 3.80. The first-order valence-electron chi connectivity index (χ1n) is 10.5. The molecule has 0 saturated carbocycles. The molecular formula is C24H22F3N5O2. The minimum absolute atomic E-state index is 0.355. The van der Waals surface area contributed by atoms with E-state index in [0.717, 1.165) is 23.3 Å². The highest BCUT2D eigenvalue weighted by Crippen LogP contribution is 2.30. The summed E-state index contributed by atoms with van der Waals surface area (Å²) in [6.45, 7) is 2.20. The van der Waals surface area contributed by atoms with Crippen LogP contribution >= 0.6 is 0 Å². The minimum atomic E-state index is -3.52. The summed E-state index contributed by atoms with van der Waals surface area (Å²) in [6, 6.07) is 11.1. The highest BCUT2D eigenvalue weighted by molar-refractivity contribution is 5.84. The molecule has 0 aliphatic carbocycles. The van der Waals surface area contributed by atoms with E-state index < -0.39 is 29.7 Å². The Bertz CT molecular complexity index is 1300. The first kappa shape index (κ1) is 23.2. The van der Waals surface area contributed by atoms with Crippen LogP contribution in [0.25, 0.3) is 22.3 Å². The van der Waals surface area contributed by atoms with Crippen LogP contribution in [-0.4, -0.2) is 44.7 Å². The van der Waals surface area contributed by atoms with Gasteiger partial charge in [0, 0.05) is 17.9 Å². The van der Waals surface area contributed by atoms with Crippen molar-refractivity contribution in [2.45, 2.75) is 31.9 Å². The fraction of sp³-hybridized carbons (Fsp3) is 0.250. The molecule has 2 aromatic heterocycles. The van der Waals surface area contributed by atoms with E-state index in [4.69, 9.17) is 4.74 Å². The summed E-state index contributed by atoms with van der Waals surface area (Å²) in [5.41, 5.74) is 2.11. The third-order valence-electron chi connectivity index (χ3n) is 5.43. The maximum absolute atomic E-state index is 13.6. The van der Waals surface area contributed by atoms with Crippen LogP contribution in [0, 0.1) is 5.82 Å². The van der Waals surface area contributed by atoms with Crippen LogP contribution in [0.5, 0.6) is 5.75 Å². The van der Waals surface area contributed by atoms with Gasteiger partial charge in [0.25, 0.3) is 5.91 Å². The maximum atomic E-state index is 13.6. The first-order chi connectivity index (χ1) is 16.2. The van der Waals surface area contributed by atoms with Crippen molar-refractivity contribution >= 4 is 16.8 Å². The number of hydrogen-bond acceptors (Lipinski definition) is 5. The Morgan fingerprint density at radius 2 is 1.76 bits per heavy atom. The lowest BCUT2D eigenvalue weighted by Gasteiger charge is -2.27. The molecule has 0 aliphatic rings. The molecule has 0 spiro atoms. The van der Waals surface area contributed by atoms with E-state index in [2.05, 4.69) is 20.4 Å². The number of aromatic nitrogens is 4. The van der Waals surface area contributed by atoms with Gasteiger partial charge in [-0.3, -0.25) is 9.48 Å². The summed E-state index contributed by atoms with van der Waals surface area (Å²) in [5, 5.41) is 7.64. The zero-order chi connectivity index (χ0) is 24.5. The van der Waals surface area contributed by atoms with Gasteiger partial charge in [-0.1, -0.05) is 12.1 Å². The molecule has 1 N–H and O–H groups in total. The number of benzene rings is 2. The number of hydrogen-bond donors (Lipinski definition) is 1. The third-order valence-corrected chi connectivity index (χ3v) is 5.43. The molecule has 2 aromatic carbocycles. The summed E-state index contributed by atoms with van der Waals surface area (Å²) in [5.74, 6) is -4.43. The van der Waals surface area contributed by atoms with Crippen LogP contribution in [0.3, 0.4) is 0 Å². The topological polar surface area (TPSA) is 81.9 Å². The molecule has 2 atom stereocenters. The normalized spacial score (nSPS) is 13.5. The molecule has 1 amide bonds. The van der Waals surface area contributed by atoms with E-state index in [-0.39, 0.29) is 0 Å². The molecule has 2 heterocycles. The Kier molecular flexibility index (Phi) is 6.23. The van der Waals surface area contributed by atoms with E-state index in [9.17, 15) is 18.0 Å². The van der Waals surface area contributed by atoms with E-state index in [1.807, 2.05) is 0 Å². The fourth-order valence-corrected chi connectivity index (χ4v) is 3.73. The van der Waals surface area contributed by atoms with Crippen LogP contribution in [0.1, 0.15) is 25.5 Å². The van der Waals surface area contributed by atoms with Gasteiger partial charge in [0.15, 0.2) is 11.6 Å². The molecule has 176 valence electrons. The number of carbonyl (C=O) groups is 1. The molecule has 0 aliphatic heterocycles. The number of ether oxygens (including phenoxy) is 1. The molecule has 0 radical (unpaired) electrons. The Morgan fingerprint density at radius 1 is 1.09 bits per heavy atom. The number of halogens is 3. The van der Waals surface area contributed by atoms with Crippen LogP contribution in [0.15, 0.2) is 61.1 Å². The summed E-state index contributed by atoms with van der Waals surface area (Å²) in [7, 11) is 1.54. The van der Waals surface area contributed by atoms with Crippen LogP contribution in [0.4, 0.5) is 13.2 Å². The first-order valence-corrected chi connectivity index (χ1v) is 10.5. The second-order valence-corrected chi connectivity index (χ2v) is 7.96. The van der Waals surface area contributed by atoms with Gasteiger partial charge in [-0.05, 0) is 42.8 Å². The Balaban J connectivity index is 1.76. The third kappa shape index (κ3) is 4.70. The summed E-state index contributed by atoms with van der Waals surface area (Å²) < 4.78 is 47.2. The zero-order valence-electron chi connectivity index (χ0n) is 18.7. The largest absolute Gasteiger partial charge is 0.497 e. The number of carbonyl (C=O) groups excluding carboxylic acids is 1. The highest BCUT2D eigenvalue weighted by Gasteiger charge is 2.35. The number of nitrogens with zero attached hydrogens (tertiary/aromatic N) is 4. The monoisotopic (exact) mass is 469 g/mol. The van der Waals surface area contributed by atoms with Crippen molar-refractivity contribution in [3.8, 4) is 17.1 Å². The summed E-state index contributed by atoms with van der Waals surface area (Å²) >= 11 is 0. The van der Waals surface area contributed by atoms with Crippen LogP contribution in [-0.2, 0) is 4.79 Å². The number of rotatable bonds is 7. The number of amides is 1. The van der Waals surface area contributed by atoms with Crippen molar-refractivity contribution in [3.05, 3.63) is 72.4 Å². The standard InChI is InChI=1S/C24H22F3N5O2/c1-14(31-23(33)24(2,26)27)21(15-4-7-19(34-3)8-5-15)32-20-9-6-16(10-17(20)11-30-32)22-28-12-18(25)13-29-22/h4-14,21H,1-3H3,(H,31,33)/t14-,21-/m0/s1. The van der Waals surface area contributed by atoms with Crippen LogP contribution in [0.2, 0.25) is 0 Å². The van der Waals surface area contributed by atoms with Gasteiger partial charge < -0.3 is 10.1 Å². The Labute approximate surface area is 193 Å². The maximum Gasteiger partial charge on any atom is 0.321 e. The lowest BCUT2D eigenvalue weighted by Crippen LogP contribution is -2.46. The Morgan fingerprint density at radius 3 is 2.38 bits per heavy atom. The fourth-order valence-electron chi connectivity index (χ4n) is 3.73. The van der Waals surface area contributed by atoms with Crippen LogP contribution < -0.4 is 10.1 Å².